The number of nitrogens with one attached hydrogen (secondary N) is 1. The first-order valence-electron chi connectivity index (χ1n) is 10.1. The lowest BCUT2D eigenvalue weighted by Crippen LogP contribution is -2.13. The summed E-state index contributed by atoms with van der Waals surface area (Å²) in [5.74, 6) is -0.0167. The van der Waals surface area contributed by atoms with E-state index in [1.807, 2.05) is 81.6 Å². The summed E-state index contributed by atoms with van der Waals surface area (Å²) < 4.78 is 0. The first-order chi connectivity index (χ1) is 14.8. The fourth-order valence-corrected chi connectivity index (χ4v) is 3.93. The van der Waals surface area contributed by atoms with E-state index in [9.17, 15) is 15.2 Å². The number of carbonyl (C=O) groups is 1. The number of nitriles is 1. The van der Waals surface area contributed by atoms with Crippen molar-refractivity contribution in [3.63, 3.8) is 0 Å². The second-order valence-electron chi connectivity index (χ2n) is 7.89. The summed E-state index contributed by atoms with van der Waals surface area (Å²) in [6, 6.07) is 15.3. The topological polar surface area (TPSA) is 86.0 Å². The van der Waals surface area contributed by atoms with Gasteiger partial charge in [0.05, 0.1) is 5.69 Å². The van der Waals surface area contributed by atoms with Gasteiger partial charge >= 0.3 is 0 Å². The highest BCUT2D eigenvalue weighted by molar-refractivity contribution is 7.14. The van der Waals surface area contributed by atoms with Gasteiger partial charge in [0.25, 0.3) is 5.91 Å². The Labute approximate surface area is 186 Å². The fraction of sp³-hybridized carbons (Fsp3) is 0.240. The molecule has 3 rings (SSSR count). The van der Waals surface area contributed by atoms with Gasteiger partial charge in [0.1, 0.15) is 17.4 Å². The summed E-state index contributed by atoms with van der Waals surface area (Å²) in [6.45, 7) is 7.99. The van der Waals surface area contributed by atoms with E-state index in [1.54, 1.807) is 6.08 Å². The molecule has 6 heteroatoms. The number of anilines is 1. The predicted octanol–water partition coefficient (Wildman–Crippen LogP) is 6.31. The third-order valence-electron chi connectivity index (χ3n) is 4.91. The number of thiazole rings is 1. The van der Waals surface area contributed by atoms with E-state index in [2.05, 4.69) is 10.3 Å². The zero-order valence-electron chi connectivity index (χ0n) is 18.0. The summed E-state index contributed by atoms with van der Waals surface area (Å²) >= 11 is 1.31. The summed E-state index contributed by atoms with van der Waals surface area (Å²) in [5, 5.41) is 25.2. The highest BCUT2D eigenvalue weighted by Gasteiger charge is 2.17. The number of hydrogen-bond acceptors (Lipinski definition) is 5. The highest BCUT2D eigenvalue weighted by Crippen LogP contribution is 2.35. The van der Waals surface area contributed by atoms with Gasteiger partial charge in [-0.3, -0.25) is 10.1 Å². The minimum absolute atomic E-state index is 0.0217. The van der Waals surface area contributed by atoms with Crippen molar-refractivity contribution in [2.45, 2.75) is 39.5 Å². The quantitative estimate of drug-likeness (QED) is 0.354. The molecule has 2 N–H and O–H groups in total. The molecule has 0 spiro atoms. The number of carbonyl (C=O) groups excluding carboxylic acids is 1. The van der Waals surface area contributed by atoms with Crippen LogP contribution in [-0.4, -0.2) is 16.0 Å². The van der Waals surface area contributed by atoms with Crippen LogP contribution < -0.4 is 5.32 Å². The van der Waals surface area contributed by atoms with Crippen LogP contribution in [0.3, 0.4) is 0 Å². The van der Waals surface area contributed by atoms with Crippen molar-refractivity contribution in [3.8, 4) is 23.1 Å². The molecule has 0 radical (unpaired) electrons. The van der Waals surface area contributed by atoms with E-state index in [0.29, 0.717) is 10.7 Å². The molecule has 0 saturated heterocycles. The molecule has 31 heavy (non-hydrogen) atoms. The predicted molar refractivity (Wildman–Crippen MR) is 126 cm³/mol. The Kier molecular flexibility index (Phi) is 6.88. The molecular formula is C25H25N3O2S. The Balaban J connectivity index is 1.88. The van der Waals surface area contributed by atoms with E-state index in [0.717, 1.165) is 22.4 Å². The third-order valence-corrected chi connectivity index (χ3v) is 5.66. The van der Waals surface area contributed by atoms with Crippen LogP contribution >= 0.6 is 11.3 Å². The van der Waals surface area contributed by atoms with Crippen LogP contribution in [0.25, 0.3) is 17.3 Å². The van der Waals surface area contributed by atoms with Crippen molar-refractivity contribution in [1.82, 2.24) is 4.98 Å². The molecular weight excluding hydrogens is 406 g/mol. The lowest BCUT2D eigenvalue weighted by atomic mass is 9.91. The number of amides is 1. The fourth-order valence-electron chi connectivity index (χ4n) is 3.22. The summed E-state index contributed by atoms with van der Waals surface area (Å²) in [7, 11) is 0. The maximum atomic E-state index is 12.7. The molecule has 0 aliphatic heterocycles. The SMILES string of the molecule is CC(C)c1cc(/C=C(\C#N)C(=O)Nc2nc(-c3ccccc3)cs2)cc(C(C)C)c1O. The standard InChI is InChI=1S/C25H25N3O2S/c1-15(2)20-11-17(12-21(16(3)4)23(20)29)10-19(13-26)24(30)28-25-27-22(14-31-25)18-8-6-5-7-9-18/h5-12,14-16,29H,1-4H3,(H,27,28,30)/b19-10+. The largest absolute Gasteiger partial charge is 0.507 e. The second-order valence-corrected chi connectivity index (χ2v) is 8.74. The Bertz CT molecular complexity index is 1130. The summed E-state index contributed by atoms with van der Waals surface area (Å²) in [5.41, 5.74) is 4.00. The zero-order chi connectivity index (χ0) is 22.5. The van der Waals surface area contributed by atoms with Crippen molar-refractivity contribution in [3.05, 3.63) is 70.1 Å². The van der Waals surface area contributed by atoms with Gasteiger partial charge in [0, 0.05) is 10.9 Å². The number of nitrogens with zero attached hydrogens (tertiary/aromatic N) is 2. The molecule has 0 aliphatic carbocycles. The maximum absolute atomic E-state index is 12.7. The van der Waals surface area contributed by atoms with Crippen molar-refractivity contribution >= 4 is 28.5 Å². The summed E-state index contributed by atoms with van der Waals surface area (Å²) in [6.07, 6.45) is 1.55. The molecule has 1 aromatic heterocycles. The van der Waals surface area contributed by atoms with Crippen LogP contribution in [0.5, 0.6) is 5.75 Å². The number of phenolic OH excluding ortho intramolecular Hbond substituents is 1. The van der Waals surface area contributed by atoms with Crippen LogP contribution in [0.4, 0.5) is 5.13 Å². The Hall–Kier alpha value is -3.43. The molecule has 0 aliphatic rings. The van der Waals surface area contributed by atoms with Crippen molar-refractivity contribution < 1.29 is 9.90 Å². The Morgan fingerprint density at radius 2 is 1.74 bits per heavy atom. The van der Waals surface area contributed by atoms with Crippen LogP contribution in [-0.2, 0) is 4.79 Å². The van der Waals surface area contributed by atoms with Gasteiger partial charge in [-0.25, -0.2) is 4.98 Å². The lowest BCUT2D eigenvalue weighted by Gasteiger charge is -2.16. The van der Waals surface area contributed by atoms with Gasteiger partial charge in [-0.15, -0.1) is 11.3 Å². The molecule has 1 amide bonds. The van der Waals surface area contributed by atoms with Gasteiger partial charge < -0.3 is 5.11 Å². The van der Waals surface area contributed by atoms with Crippen LogP contribution in [0.2, 0.25) is 0 Å². The van der Waals surface area contributed by atoms with E-state index in [-0.39, 0.29) is 23.2 Å². The van der Waals surface area contributed by atoms with Crippen LogP contribution in [0.15, 0.2) is 53.4 Å². The average molecular weight is 432 g/mol. The number of hydrogen-bond donors (Lipinski definition) is 2. The van der Waals surface area contributed by atoms with Crippen molar-refractivity contribution in [1.29, 1.82) is 5.26 Å². The summed E-state index contributed by atoms with van der Waals surface area (Å²) in [4.78, 5) is 17.2. The van der Waals surface area contributed by atoms with Crippen molar-refractivity contribution in [2.75, 3.05) is 5.32 Å². The molecule has 158 valence electrons. The number of benzene rings is 2. The zero-order valence-corrected chi connectivity index (χ0v) is 18.8. The molecule has 5 nitrogen and oxygen atoms in total. The molecule has 3 aromatic rings. The Morgan fingerprint density at radius 3 is 2.29 bits per heavy atom. The van der Waals surface area contributed by atoms with Crippen molar-refractivity contribution in [2.24, 2.45) is 0 Å². The number of rotatable bonds is 6. The van der Waals surface area contributed by atoms with E-state index in [4.69, 9.17) is 0 Å². The first kappa shape index (κ1) is 22.3. The van der Waals surface area contributed by atoms with Gasteiger partial charge in [0.15, 0.2) is 5.13 Å². The normalized spacial score (nSPS) is 11.6. The molecule has 1 heterocycles. The van der Waals surface area contributed by atoms with Gasteiger partial charge in [-0.2, -0.15) is 5.26 Å². The number of phenols is 1. The molecule has 0 unspecified atom stereocenters. The molecule has 0 bridgehead atoms. The smallest absolute Gasteiger partial charge is 0.268 e. The molecule has 0 atom stereocenters. The average Bonchev–Trinajstić information content (AvgIpc) is 3.21. The Morgan fingerprint density at radius 1 is 1.13 bits per heavy atom. The lowest BCUT2D eigenvalue weighted by molar-refractivity contribution is -0.112. The van der Waals surface area contributed by atoms with Gasteiger partial charge in [-0.05, 0) is 46.7 Å². The minimum Gasteiger partial charge on any atom is -0.507 e. The number of aromatic nitrogens is 1. The van der Waals surface area contributed by atoms with Crippen LogP contribution in [0, 0.1) is 11.3 Å². The monoisotopic (exact) mass is 431 g/mol. The maximum Gasteiger partial charge on any atom is 0.268 e. The minimum atomic E-state index is -0.512. The molecule has 2 aromatic carbocycles. The van der Waals surface area contributed by atoms with E-state index in [1.165, 1.54) is 11.3 Å². The van der Waals surface area contributed by atoms with E-state index < -0.39 is 5.91 Å². The molecule has 0 fully saturated rings. The third kappa shape index (κ3) is 5.19. The highest BCUT2D eigenvalue weighted by atomic mass is 32.1. The number of aromatic hydroxyl groups is 1. The second kappa shape index (κ2) is 9.59. The molecule has 0 saturated carbocycles. The van der Waals surface area contributed by atoms with Gasteiger partial charge in [-0.1, -0.05) is 58.0 Å². The first-order valence-corrected chi connectivity index (χ1v) is 11.0. The van der Waals surface area contributed by atoms with Crippen LogP contribution in [0.1, 0.15) is 56.2 Å². The van der Waals surface area contributed by atoms with Gasteiger partial charge in [0.2, 0.25) is 0 Å². The van der Waals surface area contributed by atoms with E-state index >= 15 is 0 Å².